The van der Waals surface area contributed by atoms with Gasteiger partial charge in [0.15, 0.2) is 0 Å². The number of carbonyl (C=O) groups is 1. The summed E-state index contributed by atoms with van der Waals surface area (Å²) >= 11 is 6.40. The van der Waals surface area contributed by atoms with Crippen molar-refractivity contribution in [3.8, 4) is 16.9 Å². The maximum absolute atomic E-state index is 15.4. The van der Waals surface area contributed by atoms with Gasteiger partial charge in [-0.05, 0) is 91.1 Å². The number of rotatable bonds is 6. The van der Waals surface area contributed by atoms with E-state index in [9.17, 15) is 4.79 Å². The van der Waals surface area contributed by atoms with Crippen molar-refractivity contribution in [1.82, 2.24) is 10.2 Å². The first kappa shape index (κ1) is 24.4. The zero-order chi connectivity index (χ0) is 24.7. The van der Waals surface area contributed by atoms with E-state index in [1.807, 2.05) is 19.1 Å². The number of hydrogen-bond donors (Lipinski definition) is 1. The fourth-order valence-corrected chi connectivity index (χ4v) is 6.13. The third kappa shape index (κ3) is 4.88. The maximum atomic E-state index is 15.4. The van der Waals surface area contributed by atoms with Crippen molar-refractivity contribution < 1.29 is 18.7 Å². The highest BCUT2D eigenvalue weighted by Crippen LogP contribution is 2.47. The number of ether oxygens (including phenoxy) is 2. The number of fused-ring (bicyclic) bond motifs is 4. The van der Waals surface area contributed by atoms with Crippen LogP contribution in [0.2, 0.25) is 5.02 Å². The first-order chi connectivity index (χ1) is 16.7. The summed E-state index contributed by atoms with van der Waals surface area (Å²) in [5, 5.41) is 3.53. The summed E-state index contributed by atoms with van der Waals surface area (Å²) in [4.78, 5) is 15.2. The van der Waals surface area contributed by atoms with Gasteiger partial charge in [-0.1, -0.05) is 38.4 Å². The van der Waals surface area contributed by atoms with Crippen LogP contribution in [0.3, 0.4) is 0 Å². The van der Waals surface area contributed by atoms with E-state index in [-0.39, 0.29) is 23.4 Å². The molecule has 0 spiro atoms. The number of hydrogen-bond acceptors (Lipinski definition) is 4. The molecule has 2 aromatic rings. The average molecular weight is 501 g/mol. The molecule has 3 heterocycles. The Labute approximate surface area is 211 Å². The number of carbonyl (C=O) groups excluding carboxylic acids is 1. The summed E-state index contributed by atoms with van der Waals surface area (Å²) in [5.41, 5.74) is 2.78. The van der Waals surface area contributed by atoms with E-state index < -0.39 is 6.09 Å². The number of alkyl carbamates (subject to hydrolysis) is 1. The smallest absolute Gasteiger partial charge is 0.407 e. The molecule has 1 aliphatic carbocycles. The van der Waals surface area contributed by atoms with Crippen molar-refractivity contribution in [2.75, 3.05) is 26.2 Å². The van der Waals surface area contributed by atoms with Crippen LogP contribution >= 0.6 is 11.6 Å². The van der Waals surface area contributed by atoms with Crippen molar-refractivity contribution in [2.24, 2.45) is 11.3 Å². The average Bonchev–Trinajstić information content (AvgIpc) is 3.07. The Bertz CT molecular complexity index is 1110. The van der Waals surface area contributed by atoms with E-state index in [0.29, 0.717) is 34.4 Å². The predicted molar refractivity (Wildman–Crippen MR) is 135 cm³/mol. The highest BCUT2D eigenvalue weighted by molar-refractivity contribution is 6.32. The predicted octanol–water partition coefficient (Wildman–Crippen LogP) is 6.38. The molecule has 188 valence electrons. The van der Waals surface area contributed by atoms with E-state index >= 15 is 4.39 Å². The Kier molecular flexibility index (Phi) is 6.71. The van der Waals surface area contributed by atoms with E-state index in [1.54, 1.807) is 18.2 Å². The van der Waals surface area contributed by atoms with Crippen LogP contribution < -0.4 is 10.1 Å². The van der Waals surface area contributed by atoms with Crippen molar-refractivity contribution in [3.05, 3.63) is 52.3 Å². The van der Waals surface area contributed by atoms with E-state index in [2.05, 4.69) is 24.1 Å². The molecule has 0 unspecified atom stereocenters. The Morgan fingerprint density at radius 2 is 2.00 bits per heavy atom. The van der Waals surface area contributed by atoms with Crippen LogP contribution in [-0.2, 0) is 11.2 Å². The van der Waals surface area contributed by atoms with E-state index in [4.69, 9.17) is 21.1 Å². The van der Waals surface area contributed by atoms with Crippen LogP contribution in [-0.4, -0.2) is 43.3 Å². The number of benzene rings is 2. The van der Waals surface area contributed by atoms with Gasteiger partial charge in [-0.2, -0.15) is 0 Å². The lowest BCUT2D eigenvalue weighted by Gasteiger charge is -2.44. The van der Waals surface area contributed by atoms with Crippen LogP contribution in [0, 0.1) is 17.2 Å². The van der Waals surface area contributed by atoms with Gasteiger partial charge in [0.25, 0.3) is 0 Å². The molecule has 0 radical (unpaired) electrons. The standard InChI is InChI=1S/C28H34ClFN2O3/c1-4-11-34-24-6-5-18(13-22(24)29)20-12-19-15-28(2,3)26(21(19)14-23(20)30)31-27(33)35-25-16-32-9-7-17(25)8-10-32/h5-6,12-14,17,25-26H,4,7-11,15-16H2,1-3H3,(H,31,33)/t25-,26-/m0/s1. The Hall–Kier alpha value is -2.31. The van der Waals surface area contributed by atoms with Crippen molar-refractivity contribution >= 4 is 17.7 Å². The fraction of sp³-hybridized carbons (Fsp3) is 0.536. The molecule has 5 nitrogen and oxygen atoms in total. The summed E-state index contributed by atoms with van der Waals surface area (Å²) in [5.74, 6) is 0.711. The monoisotopic (exact) mass is 500 g/mol. The number of piperidine rings is 3. The maximum Gasteiger partial charge on any atom is 0.407 e. The van der Waals surface area contributed by atoms with Gasteiger partial charge in [0.2, 0.25) is 0 Å². The lowest BCUT2D eigenvalue weighted by molar-refractivity contribution is -0.0349. The molecule has 2 bridgehead atoms. The van der Waals surface area contributed by atoms with Gasteiger partial charge in [-0.3, -0.25) is 4.90 Å². The summed E-state index contributed by atoms with van der Waals surface area (Å²) in [6.45, 7) is 9.81. The zero-order valence-corrected chi connectivity index (χ0v) is 21.5. The normalized spacial score (nSPS) is 26.3. The van der Waals surface area contributed by atoms with E-state index in [0.717, 1.165) is 56.4 Å². The quantitative estimate of drug-likeness (QED) is 0.500. The van der Waals surface area contributed by atoms with Gasteiger partial charge in [-0.15, -0.1) is 0 Å². The third-order valence-electron chi connectivity index (χ3n) is 7.79. The van der Waals surface area contributed by atoms with Crippen LogP contribution in [0.4, 0.5) is 9.18 Å². The minimum absolute atomic E-state index is 0.0605. The number of halogens is 2. The molecule has 1 N–H and O–H groups in total. The van der Waals surface area contributed by atoms with Gasteiger partial charge in [0, 0.05) is 12.1 Å². The second kappa shape index (κ2) is 9.62. The molecule has 3 saturated heterocycles. The molecule has 6 rings (SSSR count). The lowest BCUT2D eigenvalue weighted by atomic mass is 9.85. The molecular formula is C28H34ClFN2O3. The van der Waals surface area contributed by atoms with Gasteiger partial charge >= 0.3 is 6.09 Å². The molecule has 35 heavy (non-hydrogen) atoms. The highest BCUT2D eigenvalue weighted by atomic mass is 35.5. The zero-order valence-electron chi connectivity index (χ0n) is 20.7. The summed E-state index contributed by atoms with van der Waals surface area (Å²) in [6.07, 6.45) is 3.31. The Morgan fingerprint density at radius 3 is 2.66 bits per heavy atom. The molecule has 3 fully saturated rings. The molecule has 4 aliphatic rings. The minimum Gasteiger partial charge on any atom is -0.492 e. The largest absolute Gasteiger partial charge is 0.492 e. The molecule has 1 amide bonds. The van der Waals surface area contributed by atoms with Crippen molar-refractivity contribution in [3.63, 3.8) is 0 Å². The van der Waals surface area contributed by atoms with Crippen LogP contribution in [0.5, 0.6) is 5.75 Å². The third-order valence-corrected chi connectivity index (χ3v) is 8.08. The first-order valence-corrected chi connectivity index (χ1v) is 13.1. The van der Waals surface area contributed by atoms with Gasteiger partial charge in [-0.25, -0.2) is 9.18 Å². The van der Waals surface area contributed by atoms with Gasteiger partial charge in [0.1, 0.15) is 17.7 Å². The van der Waals surface area contributed by atoms with Crippen LogP contribution in [0.25, 0.3) is 11.1 Å². The SMILES string of the molecule is CCCOc1ccc(-c2cc3c(cc2F)[C@H](NC(=O)O[C@H]2CN4CCC2CC4)C(C)(C)C3)cc1Cl. The Balaban J connectivity index is 1.35. The van der Waals surface area contributed by atoms with Gasteiger partial charge < -0.3 is 14.8 Å². The molecule has 7 heteroatoms. The summed E-state index contributed by atoms with van der Waals surface area (Å²) < 4.78 is 26.9. The number of nitrogens with one attached hydrogen (secondary N) is 1. The number of amides is 1. The molecule has 0 saturated carbocycles. The molecule has 3 aliphatic heterocycles. The molecular weight excluding hydrogens is 467 g/mol. The minimum atomic E-state index is -0.409. The van der Waals surface area contributed by atoms with Gasteiger partial charge in [0.05, 0.1) is 17.7 Å². The molecule has 2 atom stereocenters. The fourth-order valence-electron chi connectivity index (χ4n) is 5.89. The first-order valence-electron chi connectivity index (χ1n) is 12.7. The highest BCUT2D eigenvalue weighted by Gasteiger charge is 2.42. The topological polar surface area (TPSA) is 50.8 Å². The second-order valence-electron chi connectivity index (χ2n) is 10.8. The number of nitrogens with zero attached hydrogens (tertiary/aromatic N) is 1. The van der Waals surface area contributed by atoms with Crippen LogP contribution in [0.15, 0.2) is 30.3 Å². The lowest BCUT2D eigenvalue weighted by Crippen LogP contribution is -2.53. The Morgan fingerprint density at radius 1 is 1.23 bits per heavy atom. The molecule has 0 aromatic heterocycles. The second-order valence-corrected chi connectivity index (χ2v) is 11.3. The van der Waals surface area contributed by atoms with Crippen LogP contribution in [0.1, 0.15) is 57.2 Å². The summed E-state index contributed by atoms with van der Waals surface area (Å²) in [7, 11) is 0. The molecule has 2 aromatic carbocycles. The van der Waals surface area contributed by atoms with E-state index in [1.165, 1.54) is 0 Å². The van der Waals surface area contributed by atoms with Crippen molar-refractivity contribution in [1.29, 1.82) is 0 Å². The summed E-state index contributed by atoms with van der Waals surface area (Å²) in [6, 6.07) is 8.52. The van der Waals surface area contributed by atoms with Crippen molar-refractivity contribution in [2.45, 2.75) is 58.6 Å².